The Bertz CT molecular complexity index is 386. The molecule has 3 heteroatoms. The van der Waals surface area contributed by atoms with Gasteiger partial charge in [-0.25, -0.2) is 0 Å². The standard InChI is InChI=1S/C15H20BrNS/c1-3-5-8-14(17-10-4-2)12-18-15-9-6-7-13(16)11-15/h1,6-7,9,11,14,17H,4-5,8,10,12H2,2H3. The summed E-state index contributed by atoms with van der Waals surface area (Å²) in [6.45, 7) is 3.25. The molecular formula is C15H20BrNS. The Morgan fingerprint density at radius 3 is 3.00 bits per heavy atom. The Labute approximate surface area is 123 Å². The Balaban J connectivity index is 2.42. The van der Waals surface area contributed by atoms with E-state index in [1.165, 1.54) is 4.90 Å². The second-order valence-electron chi connectivity index (χ2n) is 4.16. The molecule has 1 aromatic carbocycles. The molecular weight excluding hydrogens is 306 g/mol. The lowest BCUT2D eigenvalue weighted by Crippen LogP contribution is -2.31. The highest BCUT2D eigenvalue weighted by Crippen LogP contribution is 2.23. The van der Waals surface area contributed by atoms with Gasteiger partial charge in [0, 0.05) is 27.6 Å². The maximum Gasteiger partial charge on any atom is 0.0186 e. The Hall–Kier alpha value is -0.430. The van der Waals surface area contributed by atoms with Crippen molar-refractivity contribution >= 4 is 27.7 Å². The van der Waals surface area contributed by atoms with Crippen molar-refractivity contribution in [2.45, 2.75) is 37.1 Å². The molecule has 0 bridgehead atoms. The number of nitrogens with one attached hydrogen (secondary N) is 1. The van der Waals surface area contributed by atoms with E-state index in [1.54, 1.807) is 0 Å². The normalized spacial score (nSPS) is 12.1. The average molecular weight is 326 g/mol. The molecule has 1 aromatic rings. The van der Waals surface area contributed by atoms with Crippen LogP contribution in [0.15, 0.2) is 33.6 Å². The van der Waals surface area contributed by atoms with Crippen LogP contribution in [0.2, 0.25) is 0 Å². The van der Waals surface area contributed by atoms with Gasteiger partial charge in [-0.15, -0.1) is 24.1 Å². The van der Waals surface area contributed by atoms with Crippen LogP contribution in [0.1, 0.15) is 26.2 Å². The van der Waals surface area contributed by atoms with Gasteiger partial charge in [0.1, 0.15) is 0 Å². The lowest BCUT2D eigenvalue weighted by molar-refractivity contribution is 0.526. The van der Waals surface area contributed by atoms with Crippen molar-refractivity contribution in [1.82, 2.24) is 5.32 Å². The molecule has 0 aromatic heterocycles. The topological polar surface area (TPSA) is 12.0 Å². The molecule has 0 radical (unpaired) electrons. The van der Waals surface area contributed by atoms with Crippen LogP contribution in [-0.4, -0.2) is 18.3 Å². The third-order valence-electron chi connectivity index (χ3n) is 2.57. The van der Waals surface area contributed by atoms with Gasteiger partial charge in [-0.3, -0.25) is 0 Å². The summed E-state index contributed by atoms with van der Waals surface area (Å²) in [7, 11) is 0. The predicted octanol–water partition coefficient (Wildman–Crippen LogP) is 4.32. The Morgan fingerprint density at radius 2 is 2.33 bits per heavy atom. The molecule has 0 amide bonds. The predicted molar refractivity (Wildman–Crippen MR) is 85.0 cm³/mol. The van der Waals surface area contributed by atoms with Crippen molar-refractivity contribution in [3.63, 3.8) is 0 Å². The molecule has 0 aliphatic heterocycles. The van der Waals surface area contributed by atoms with Gasteiger partial charge >= 0.3 is 0 Å². The van der Waals surface area contributed by atoms with Crippen LogP contribution in [0.3, 0.4) is 0 Å². The molecule has 1 rings (SSSR count). The molecule has 98 valence electrons. The van der Waals surface area contributed by atoms with Crippen LogP contribution in [0.5, 0.6) is 0 Å². The number of benzene rings is 1. The lowest BCUT2D eigenvalue weighted by atomic mass is 10.2. The highest BCUT2D eigenvalue weighted by Gasteiger charge is 2.07. The maximum absolute atomic E-state index is 5.34. The summed E-state index contributed by atoms with van der Waals surface area (Å²) in [6, 6.07) is 8.93. The van der Waals surface area contributed by atoms with E-state index in [0.717, 1.165) is 36.0 Å². The summed E-state index contributed by atoms with van der Waals surface area (Å²) < 4.78 is 1.13. The van der Waals surface area contributed by atoms with Crippen molar-refractivity contribution in [3.05, 3.63) is 28.7 Å². The maximum atomic E-state index is 5.34. The first-order valence-electron chi connectivity index (χ1n) is 6.31. The molecule has 0 heterocycles. The molecule has 0 aliphatic rings. The first-order valence-corrected chi connectivity index (χ1v) is 8.09. The Morgan fingerprint density at radius 1 is 1.50 bits per heavy atom. The van der Waals surface area contributed by atoms with Crippen LogP contribution in [0.4, 0.5) is 0 Å². The van der Waals surface area contributed by atoms with Crippen LogP contribution in [0.25, 0.3) is 0 Å². The first-order chi connectivity index (χ1) is 8.76. The fourth-order valence-corrected chi connectivity index (χ4v) is 3.22. The number of hydrogen-bond acceptors (Lipinski definition) is 2. The van der Waals surface area contributed by atoms with E-state index in [2.05, 4.69) is 58.4 Å². The zero-order valence-corrected chi connectivity index (χ0v) is 13.2. The van der Waals surface area contributed by atoms with E-state index in [1.807, 2.05) is 11.8 Å². The smallest absolute Gasteiger partial charge is 0.0186 e. The second kappa shape index (κ2) is 9.49. The third kappa shape index (κ3) is 6.49. The van der Waals surface area contributed by atoms with Gasteiger partial charge in [-0.05, 0) is 37.6 Å². The molecule has 1 nitrogen and oxygen atoms in total. The van der Waals surface area contributed by atoms with E-state index in [-0.39, 0.29) is 0 Å². The fraction of sp³-hybridized carbons (Fsp3) is 0.467. The van der Waals surface area contributed by atoms with Crippen LogP contribution in [0, 0.1) is 12.3 Å². The number of halogens is 1. The molecule has 0 saturated carbocycles. The highest BCUT2D eigenvalue weighted by molar-refractivity contribution is 9.10. The third-order valence-corrected chi connectivity index (χ3v) is 4.22. The van der Waals surface area contributed by atoms with Gasteiger partial charge in [-0.1, -0.05) is 28.9 Å². The van der Waals surface area contributed by atoms with Crippen molar-refractivity contribution in [1.29, 1.82) is 0 Å². The zero-order valence-electron chi connectivity index (χ0n) is 10.8. The summed E-state index contributed by atoms with van der Waals surface area (Å²) in [6.07, 6.45) is 8.40. The quantitative estimate of drug-likeness (QED) is 0.564. The zero-order chi connectivity index (χ0) is 13.2. The molecule has 0 fully saturated rings. The van der Waals surface area contributed by atoms with Gasteiger partial charge in [-0.2, -0.15) is 0 Å². The number of thioether (sulfide) groups is 1. The van der Waals surface area contributed by atoms with Crippen LogP contribution in [-0.2, 0) is 0 Å². The van der Waals surface area contributed by atoms with Gasteiger partial charge in [0.25, 0.3) is 0 Å². The van der Waals surface area contributed by atoms with Crippen molar-refractivity contribution in [2.75, 3.05) is 12.3 Å². The molecule has 0 saturated heterocycles. The van der Waals surface area contributed by atoms with Gasteiger partial charge in [0.15, 0.2) is 0 Å². The lowest BCUT2D eigenvalue weighted by Gasteiger charge is -2.17. The number of terminal acetylenes is 1. The monoisotopic (exact) mass is 325 g/mol. The number of hydrogen-bond donors (Lipinski definition) is 1. The van der Waals surface area contributed by atoms with E-state index in [4.69, 9.17) is 6.42 Å². The minimum absolute atomic E-state index is 0.505. The van der Waals surface area contributed by atoms with Gasteiger partial charge < -0.3 is 5.32 Å². The van der Waals surface area contributed by atoms with Gasteiger partial charge in [0.05, 0.1) is 0 Å². The highest BCUT2D eigenvalue weighted by atomic mass is 79.9. The van der Waals surface area contributed by atoms with Gasteiger partial charge in [0.2, 0.25) is 0 Å². The summed E-state index contributed by atoms with van der Waals surface area (Å²) >= 11 is 5.38. The molecule has 18 heavy (non-hydrogen) atoms. The van der Waals surface area contributed by atoms with Crippen molar-refractivity contribution < 1.29 is 0 Å². The van der Waals surface area contributed by atoms with Crippen molar-refractivity contribution in [2.24, 2.45) is 0 Å². The summed E-state index contributed by atoms with van der Waals surface area (Å²) in [4.78, 5) is 1.30. The average Bonchev–Trinajstić information content (AvgIpc) is 2.38. The molecule has 0 spiro atoms. The summed E-state index contributed by atoms with van der Waals surface area (Å²) in [5.74, 6) is 3.79. The van der Waals surface area contributed by atoms with E-state index >= 15 is 0 Å². The molecule has 0 aliphatic carbocycles. The first kappa shape index (κ1) is 15.6. The molecule has 1 atom stereocenters. The van der Waals surface area contributed by atoms with E-state index < -0.39 is 0 Å². The van der Waals surface area contributed by atoms with Crippen molar-refractivity contribution in [3.8, 4) is 12.3 Å². The summed E-state index contributed by atoms with van der Waals surface area (Å²) in [5, 5.41) is 3.56. The van der Waals surface area contributed by atoms with E-state index in [9.17, 15) is 0 Å². The molecule has 1 N–H and O–H groups in total. The SMILES string of the molecule is C#CCCC(CSc1cccc(Br)c1)NCCC. The minimum atomic E-state index is 0.505. The van der Waals surface area contributed by atoms with E-state index in [0.29, 0.717) is 6.04 Å². The largest absolute Gasteiger partial charge is 0.313 e. The summed E-state index contributed by atoms with van der Waals surface area (Å²) in [5.41, 5.74) is 0. The van der Waals surface area contributed by atoms with Crippen LogP contribution >= 0.6 is 27.7 Å². The Kier molecular flexibility index (Phi) is 8.24. The fourth-order valence-electron chi connectivity index (χ4n) is 1.60. The van der Waals surface area contributed by atoms with Crippen LogP contribution < -0.4 is 5.32 Å². The molecule has 1 unspecified atom stereocenters. The number of rotatable bonds is 8. The minimum Gasteiger partial charge on any atom is -0.313 e. The second-order valence-corrected chi connectivity index (χ2v) is 6.17.